The molecule has 1 aliphatic rings. The number of aryl methyl sites for hydroxylation is 1. The van der Waals surface area contributed by atoms with Gasteiger partial charge in [-0.3, -0.25) is 4.68 Å². The maximum atomic E-state index is 4.19. The molecule has 1 aliphatic carbocycles. The van der Waals surface area contributed by atoms with Gasteiger partial charge in [-0.1, -0.05) is 25.0 Å². The van der Waals surface area contributed by atoms with Crippen LogP contribution in [0.25, 0.3) is 0 Å². The molecule has 1 N–H and O–H groups in total. The fraction of sp³-hybridized carbons (Fsp3) is 0.875. The smallest absolute Gasteiger partial charge is 0.151 e. The molecule has 1 saturated carbocycles. The van der Waals surface area contributed by atoms with Crippen molar-refractivity contribution in [2.75, 3.05) is 6.54 Å². The molecule has 0 aliphatic heterocycles. The van der Waals surface area contributed by atoms with Crippen molar-refractivity contribution < 1.29 is 0 Å². The molecule has 0 saturated heterocycles. The lowest BCUT2D eigenvalue weighted by molar-refractivity contribution is 0.207. The maximum Gasteiger partial charge on any atom is 0.151 e. The minimum absolute atomic E-state index is 0.175. The molecule has 3 unspecified atom stereocenters. The van der Waals surface area contributed by atoms with Crippen molar-refractivity contribution in [2.24, 2.45) is 18.9 Å². The van der Waals surface area contributed by atoms with Crippen molar-refractivity contribution in [1.29, 1.82) is 0 Å². The summed E-state index contributed by atoms with van der Waals surface area (Å²) in [4.78, 5) is 0. The zero-order chi connectivity index (χ0) is 15.6. The first-order valence-corrected chi connectivity index (χ1v) is 8.91. The molecule has 120 valence electrons. The van der Waals surface area contributed by atoms with Gasteiger partial charge in [0.05, 0.1) is 5.69 Å². The van der Waals surface area contributed by atoms with Crippen molar-refractivity contribution in [3.05, 3.63) is 10.3 Å². The highest BCUT2D eigenvalue weighted by Crippen LogP contribution is 2.43. The van der Waals surface area contributed by atoms with E-state index in [1.807, 2.05) is 11.7 Å². The van der Waals surface area contributed by atoms with E-state index in [0.29, 0.717) is 11.8 Å². The van der Waals surface area contributed by atoms with E-state index in [1.165, 1.54) is 31.4 Å². The van der Waals surface area contributed by atoms with Crippen molar-refractivity contribution in [3.63, 3.8) is 0 Å². The van der Waals surface area contributed by atoms with Gasteiger partial charge in [0.1, 0.15) is 0 Å². The predicted octanol–water partition coefficient (Wildman–Crippen LogP) is 3.88. The van der Waals surface area contributed by atoms with Crippen LogP contribution in [0.2, 0.25) is 0 Å². The summed E-state index contributed by atoms with van der Waals surface area (Å²) in [6.45, 7) is 10.1. The lowest BCUT2D eigenvalue weighted by atomic mass is 9.71. The Morgan fingerprint density at radius 3 is 2.57 bits per heavy atom. The van der Waals surface area contributed by atoms with Crippen LogP contribution in [0.15, 0.2) is 4.60 Å². The van der Waals surface area contributed by atoms with E-state index in [-0.39, 0.29) is 5.54 Å². The summed E-state index contributed by atoms with van der Waals surface area (Å²) in [5.74, 6) is 2.05. The van der Waals surface area contributed by atoms with Gasteiger partial charge in [0.2, 0.25) is 0 Å². The molecule has 4 nitrogen and oxygen atoms in total. The maximum absolute atomic E-state index is 4.19. The average Bonchev–Trinajstić information content (AvgIpc) is 2.75. The highest BCUT2D eigenvalue weighted by Gasteiger charge is 2.34. The predicted molar refractivity (Wildman–Crippen MR) is 90.3 cm³/mol. The van der Waals surface area contributed by atoms with Gasteiger partial charge in [0.15, 0.2) is 4.60 Å². The molecular weight excluding hydrogens is 328 g/mol. The summed E-state index contributed by atoms with van der Waals surface area (Å²) >= 11 is 3.60. The van der Waals surface area contributed by atoms with Gasteiger partial charge < -0.3 is 5.32 Å². The summed E-state index contributed by atoms with van der Waals surface area (Å²) < 4.78 is 2.88. The average molecular weight is 357 g/mol. The summed E-state index contributed by atoms with van der Waals surface area (Å²) in [7, 11) is 2.01. The molecule has 3 atom stereocenters. The number of rotatable bonds is 4. The van der Waals surface area contributed by atoms with Crippen LogP contribution in [-0.4, -0.2) is 27.1 Å². The van der Waals surface area contributed by atoms with Crippen LogP contribution < -0.4 is 5.32 Å². The topological polar surface area (TPSA) is 42.7 Å². The third kappa shape index (κ3) is 4.28. The Hall–Kier alpha value is -0.420. The van der Waals surface area contributed by atoms with E-state index < -0.39 is 0 Å². The van der Waals surface area contributed by atoms with Crippen LogP contribution in [0.3, 0.4) is 0 Å². The zero-order valence-electron chi connectivity index (χ0n) is 14.0. The van der Waals surface area contributed by atoms with Crippen LogP contribution in [0.1, 0.15) is 65.0 Å². The molecule has 0 spiro atoms. The quantitative estimate of drug-likeness (QED) is 0.889. The highest BCUT2D eigenvalue weighted by atomic mass is 79.9. The Morgan fingerprint density at radius 2 is 2.05 bits per heavy atom. The summed E-state index contributed by atoms with van der Waals surface area (Å²) in [5.41, 5.74) is 1.45. The van der Waals surface area contributed by atoms with Gasteiger partial charge in [0.25, 0.3) is 0 Å². The molecular formula is C16H29BrN4. The van der Waals surface area contributed by atoms with Crippen molar-refractivity contribution in [3.8, 4) is 0 Å². The molecule has 5 heteroatoms. The Labute approximate surface area is 137 Å². The molecule has 0 radical (unpaired) electrons. The third-order valence-electron chi connectivity index (χ3n) is 4.75. The van der Waals surface area contributed by atoms with Crippen molar-refractivity contribution in [2.45, 2.75) is 64.8 Å². The second kappa shape index (κ2) is 6.78. The lowest BCUT2D eigenvalue weighted by Gasteiger charge is -2.37. The summed E-state index contributed by atoms with van der Waals surface area (Å²) in [6, 6.07) is 0. The minimum atomic E-state index is 0.175. The molecule has 0 amide bonds. The Bertz CT molecular complexity index is 444. The Kier molecular flexibility index (Phi) is 5.47. The first-order chi connectivity index (χ1) is 9.81. The van der Waals surface area contributed by atoms with Crippen LogP contribution >= 0.6 is 15.9 Å². The Morgan fingerprint density at radius 1 is 1.33 bits per heavy atom. The minimum Gasteiger partial charge on any atom is -0.312 e. The number of hydrogen-bond donors (Lipinski definition) is 1. The van der Waals surface area contributed by atoms with Crippen LogP contribution in [-0.2, 0) is 7.05 Å². The monoisotopic (exact) mass is 356 g/mol. The summed E-state index contributed by atoms with van der Waals surface area (Å²) in [6.07, 6.45) is 5.18. The lowest BCUT2D eigenvalue weighted by Crippen LogP contribution is -2.42. The van der Waals surface area contributed by atoms with Crippen LogP contribution in [0.4, 0.5) is 0 Å². The molecule has 1 aromatic rings. The first-order valence-electron chi connectivity index (χ1n) is 8.12. The molecule has 2 rings (SSSR count). The fourth-order valence-electron chi connectivity index (χ4n) is 3.44. The van der Waals surface area contributed by atoms with Gasteiger partial charge in [-0.05, 0) is 67.9 Å². The number of nitrogens with zero attached hydrogens (tertiary/aromatic N) is 3. The number of hydrogen-bond acceptors (Lipinski definition) is 3. The van der Waals surface area contributed by atoms with E-state index in [1.54, 1.807) is 0 Å². The number of halogens is 1. The first kappa shape index (κ1) is 16.9. The van der Waals surface area contributed by atoms with Gasteiger partial charge in [-0.2, -0.15) is 0 Å². The van der Waals surface area contributed by atoms with E-state index in [9.17, 15) is 0 Å². The molecule has 1 heterocycles. The Balaban J connectivity index is 2.18. The third-order valence-corrected chi connectivity index (χ3v) is 5.32. The SMILES string of the molecule is CCC1CCC(CNC(C)(C)C)C(c2c(Br)nnn2C)C1. The van der Waals surface area contributed by atoms with E-state index in [0.717, 1.165) is 17.1 Å². The van der Waals surface area contributed by atoms with E-state index in [4.69, 9.17) is 0 Å². The van der Waals surface area contributed by atoms with Gasteiger partial charge in [-0.15, -0.1) is 5.10 Å². The van der Waals surface area contributed by atoms with Gasteiger partial charge in [-0.25, -0.2) is 0 Å². The fourth-order valence-corrected chi connectivity index (χ4v) is 4.06. The van der Waals surface area contributed by atoms with Crippen LogP contribution in [0.5, 0.6) is 0 Å². The molecule has 1 fully saturated rings. The normalized spacial score (nSPS) is 27.0. The zero-order valence-corrected chi connectivity index (χ0v) is 15.6. The molecule has 1 aromatic heterocycles. The standard InChI is InChI=1S/C16H29BrN4/c1-6-11-7-8-12(10-18-16(2,3)4)13(9-11)14-15(17)19-20-21(14)5/h11-13,18H,6-10H2,1-5H3. The second-order valence-electron chi connectivity index (χ2n) is 7.47. The van der Waals surface area contributed by atoms with Crippen molar-refractivity contribution >= 4 is 15.9 Å². The van der Waals surface area contributed by atoms with Gasteiger partial charge in [0, 0.05) is 18.5 Å². The highest BCUT2D eigenvalue weighted by molar-refractivity contribution is 9.10. The van der Waals surface area contributed by atoms with Crippen LogP contribution in [0, 0.1) is 11.8 Å². The van der Waals surface area contributed by atoms with Crippen molar-refractivity contribution in [1.82, 2.24) is 20.3 Å². The van der Waals surface area contributed by atoms with E-state index in [2.05, 4.69) is 59.3 Å². The largest absolute Gasteiger partial charge is 0.312 e. The number of aromatic nitrogens is 3. The van der Waals surface area contributed by atoms with Gasteiger partial charge >= 0.3 is 0 Å². The molecule has 21 heavy (non-hydrogen) atoms. The molecule has 0 bridgehead atoms. The second-order valence-corrected chi connectivity index (χ2v) is 8.23. The number of nitrogens with one attached hydrogen (secondary N) is 1. The summed E-state index contributed by atoms with van der Waals surface area (Å²) in [5, 5.41) is 12.1. The molecule has 0 aromatic carbocycles. The van der Waals surface area contributed by atoms with E-state index >= 15 is 0 Å².